The number of hydrogen-bond acceptors (Lipinski definition) is 5. The highest BCUT2D eigenvalue weighted by atomic mass is 32.2. The van der Waals surface area contributed by atoms with E-state index in [1.165, 1.54) is 11.0 Å². The summed E-state index contributed by atoms with van der Waals surface area (Å²) >= 11 is 1.09. The summed E-state index contributed by atoms with van der Waals surface area (Å²) < 4.78 is 1.20. The van der Waals surface area contributed by atoms with Gasteiger partial charge in [0, 0.05) is 0 Å². The fraction of sp³-hybridized carbons (Fsp3) is 0.500. The Labute approximate surface area is 79.1 Å². The van der Waals surface area contributed by atoms with Gasteiger partial charge in [0.05, 0.1) is 0 Å². The van der Waals surface area contributed by atoms with Crippen LogP contribution >= 0.6 is 11.8 Å². The lowest BCUT2D eigenvalue weighted by Gasteiger charge is -2.06. The lowest BCUT2D eigenvalue weighted by Crippen LogP contribution is -2.17. The van der Waals surface area contributed by atoms with Crippen LogP contribution in [0, 0.1) is 0 Å². The minimum absolute atomic E-state index is 0.411. The molecule has 72 valence electrons. The van der Waals surface area contributed by atoms with Crippen molar-refractivity contribution in [1.82, 2.24) is 14.9 Å². The molecule has 0 bridgehead atoms. The number of carbonyl (C=O) groups is 1. The number of rotatable bonds is 4. The lowest BCUT2D eigenvalue weighted by molar-refractivity contribution is -0.136. The number of carboxylic acids is 1. The normalized spacial score (nSPS) is 12.7. The second-order valence-electron chi connectivity index (χ2n) is 2.37. The summed E-state index contributed by atoms with van der Waals surface area (Å²) in [6.45, 7) is 1.79. The van der Waals surface area contributed by atoms with Gasteiger partial charge in [-0.15, -0.1) is 10.2 Å². The summed E-state index contributed by atoms with van der Waals surface area (Å²) in [4.78, 5) is 10.6. The molecule has 1 rings (SSSR count). The van der Waals surface area contributed by atoms with Gasteiger partial charge in [0.2, 0.25) is 5.16 Å². The van der Waals surface area contributed by atoms with Crippen molar-refractivity contribution >= 4 is 17.7 Å². The highest BCUT2D eigenvalue weighted by Crippen LogP contribution is 2.21. The Morgan fingerprint density at radius 2 is 2.62 bits per heavy atom. The SMILES string of the molecule is CCC(Sc1nncn1N)C(=O)O. The summed E-state index contributed by atoms with van der Waals surface area (Å²) in [5, 5.41) is 15.8. The van der Waals surface area contributed by atoms with Gasteiger partial charge in [-0.1, -0.05) is 18.7 Å². The van der Waals surface area contributed by atoms with Crippen molar-refractivity contribution in [3.63, 3.8) is 0 Å². The second-order valence-corrected chi connectivity index (χ2v) is 3.54. The van der Waals surface area contributed by atoms with Crippen LogP contribution in [0.3, 0.4) is 0 Å². The number of nitrogen functional groups attached to an aromatic ring is 1. The molecule has 13 heavy (non-hydrogen) atoms. The first-order chi connectivity index (χ1) is 6.15. The molecule has 0 radical (unpaired) electrons. The number of thioether (sulfide) groups is 1. The predicted octanol–water partition coefficient (Wildman–Crippen LogP) is -0.0528. The number of aromatic nitrogens is 3. The molecular formula is C6H10N4O2S. The molecule has 6 nitrogen and oxygen atoms in total. The quantitative estimate of drug-likeness (QED) is 0.525. The van der Waals surface area contributed by atoms with E-state index in [2.05, 4.69) is 10.2 Å². The van der Waals surface area contributed by atoms with Crippen LogP contribution in [0.15, 0.2) is 11.5 Å². The first-order valence-electron chi connectivity index (χ1n) is 3.69. The van der Waals surface area contributed by atoms with E-state index in [1.54, 1.807) is 6.92 Å². The summed E-state index contributed by atoms with van der Waals surface area (Å²) in [7, 11) is 0. The molecule has 0 aliphatic rings. The molecule has 7 heteroatoms. The van der Waals surface area contributed by atoms with Gasteiger partial charge in [0.25, 0.3) is 0 Å². The Balaban J connectivity index is 2.67. The van der Waals surface area contributed by atoms with Crippen molar-refractivity contribution in [3.05, 3.63) is 6.33 Å². The molecule has 0 aliphatic carbocycles. The summed E-state index contributed by atoms with van der Waals surface area (Å²) in [5.41, 5.74) is 0. The number of nitrogens with zero attached hydrogens (tertiary/aromatic N) is 3. The van der Waals surface area contributed by atoms with Gasteiger partial charge in [0.15, 0.2) is 0 Å². The molecule has 0 aromatic carbocycles. The molecule has 1 heterocycles. The van der Waals surface area contributed by atoms with Crippen LogP contribution in [0.5, 0.6) is 0 Å². The van der Waals surface area contributed by atoms with Crippen molar-refractivity contribution in [3.8, 4) is 0 Å². The predicted molar refractivity (Wildman–Crippen MR) is 47.7 cm³/mol. The van der Waals surface area contributed by atoms with Crippen molar-refractivity contribution in [2.75, 3.05) is 5.84 Å². The van der Waals surface area contributed by atoms with Crippen molar-refractivity contribution in [2.24, 2.45) is 0 Å². The highest BCUT2D eigenvalue weighted by Gasteiger charge is 2.19. The zero-order valence-electron chi connectivity index (χ0n) is 7.04. The van der Waals surface area contributed by atoms with Crippen LogP contribution in [-0.4, -0.2) is 31.2 Å². The van der Waals surface area contributed by atoms with E-state index in [4.69, 9.17) is 10.9 Å². The lowest BCUT2D eigenvalue weighted by atomic mass is 10.3. The van der Waals surface area contributed by atoms with Crippen LogP contribution in [0.2, 0.25) is 0 Å². The molecule has 0 saturated carbocycles. The molecule has 0 spiro atoms. The molecule has 3 N–H and O–H groups in total. The third-order valence-electron chi connectivity index (χ3n) is 1.43. The summed E-state index contributed by atoms with van der Waals surface area (Å²) in [5.74, 6) is 4.56. The molecule has 1 aromatic heterocycles. The van der Waals surface area contributed by atoms with Gasteiger partial charge in [-0.2, -0.15) is 0 Å². The van der Waals surface area contributed by atoms with E-state index >= 15 is 0 Å². The molecule has 0 amide bonds. The van der Waals surface area contributed by atoms with Gasteiger partial charge >= 0.3 is 5.97 Å². The monoisotopic (exact) mass is 202 g/mol. The maximum Gasteiger partial charge on any atom is 0.317 e. The smallest absolute Gasteiger partial charge is 0.317 e. The Morgan fingerprint density at radius 3 is 3.00 bits per heavy atom. The van der Waals surface area contributed by atoms with E-state index in [0.29, 0.717) is 11.6 Å². The Kier molecular flexibility index (Phi) is 3.13. The topological polar surface area (TPSA) is 94.0 Å². The Morgan fingerprint density at radius 1 is 1.92 bits per heavy atom. The zero-order valence-corrected chi connectivity index (χ0v) is 7.86. The molecule has 0 aliphatic heterocycles. The summed E-state index contributed by atoms with van der Waals surface area (Å²) in [6, 6.07) is 0. The molecule has 0 saturated heterocycles. The largest absolute Gasteiger partial charge is 0.480 e. The molecule has 1 unspecified atom stereocenters. The third kappa shape index (κ3) is 2.35. The van der Waals surface area contributed by atoms with E-state index in [1.807, 2.05) is 0 Å². The van der Waals surface area contributed by atoms with Gasteiger partial charge in [-0.3, -0.25) is 4.79 Å². The van der Waals surface area contributed by atoms with Gasteiger partial charge in [-0.05, 0) is 6.42 Å². The van der Waals surface area contributed by atoms with E-state index in [9.17, 15) is 4.79 Å². The number of carboxylic acid groups (broad SMARTS) is 1. The molecule has 1 atom stereocenters. The maximum atomic E-state index is 10.6. The fourth-order valence-corrected chi connectivity index (χ4v) is 1.54. The van der Waals surface area contributed by atoms with E-state index in [-0.39, 0.29) is 0 Å². The standard InChI is InChI=1S/C6H10N4O2S/c1-2-4(5(11)12)13-6-9-8-3-10(6)7/h3-4H,2,7H2,1H3,(H,11,12). The highest BCUT2D eigenvalue weighted by molar-refractivity contribution is 8.00. The number of aliphatic carboxylic acids is 1. The first kappa shape index (κ1) is 9.85. The van der Waals surface area contributed by atoms with Crippen molar-refractivity contribution in [2.45, 2.75) is 23.8 Å². The number of nitrogens with two attached hydrogens (primary N) is 1. The van der Waals surface area contributed by atoms with Crippen molar-refractivity contribution < 1.29 is 9.90 Å². The third-order valence-corrected chi connectivity index (χ3v) is 2.76. The average molecular weight is 202 g/mol. The second kappa shape index (κ2) is 4.13. The maximum absolute atomic E-state index is 10.6. The number of hydrogen-bond donors (Lipinski definition) is 2. The first-order valence-corrected chi connectivity index (χ1v) is 4.57. The Hall–Kier alpha value is -1.24. The van der Waals surface area contributed by atoms with E-state index < -0.39 is 11.2 Å². The van der Waals surface area contributed by atoms with Gasteiger partial charge in [0.1, 0.15) is 11.6 Å². The minimum Gasteiger partial charge on any atom is -0.480 e. The van der Waals surface area contributed by atoms with Crippen LogP contribution in [0.25, 0.3) is 0 Å². The average Bonchev–Trinajstić information content (AvgIpc) is 2.46. The molecular weight excluding hydrogens is 192 g/mol. The van der Waals surface area contributed by atoms with Crippen molar-refractivity contribution in [1.29, 1.82) is 0 Å². The van der Waals surface area contributed by atoms with Gasteiger partial charge < -0.3 is 10.9 Å². The zero-order chi connectivity index (χ0) is 9.84. The van der Waals surface area contributed by atoms with Crippen LogP contribution in [0.1, 0.15) is 13.3 Å². The van der Waals surface area contributed by atoms with Crippen LogP contribution in [0.4, 0.5) is 0 Å². The summed E-state index contributed by atoms with van der Waals surface area (Å²) in [6.07, 6.45) is 1.85. The minimum atomic E-state index is -0.865. The van der Waals surface area contributed by atoms with Crippen LogP contribution < -0.4 is 5.84 Å². The van der Waals surface area contributed by atoms with Gasteiger partial charge in [-0.25, -0.2) is 4.68 Å². The van der Waals surface area contributed by atoms with Crippen LogP contribution in [-0.2, 0) is 4.79 Å². The molecule has 0 fully saturated rings. The molecule has 1 aromatic rings. The fourth-order valence-electron chi connectivity index (χ4n) is 0.752. The van der Waals surface area contributed by atoms with E-state index in [0.717, 1.165) is 11.8 Å². The Bertz CT molecular complexity index is 301.